The first-order chi connectivity index (χ1) is 8.13. The van der Waals surface area contributed by atoms with Gasteiger partial charge in [0.2, 0.25) is 0 Å². The SMILES string of the molecule is COc1cc(OCC(F)(F)F)ccc1S(=O)(=O)Cl. The minimum atomic E-state index is -4.48. The van der Waals surface area contributed by atoms with E-state index in [2.05, 4.69) is 4.74 Å². The Bertz CT molecular complexity index is 527. The highest BCUT2D eigenvalue weighted by Gasteiger charge is 2.28. The largest absolute Gasteiger partial charge is 0.495 e. The first-order valence-corrected chi connectivity index (χ1v) is 6.76. The highest BCUT2D eigenvalue weighted by atomic mass is 35.7. The lowest BCUT2D eigenvalue weighted by Crippen LogP contribution is -2.19. The Hall–Kier alpha value is -1.15. The maximum Gasteiger partial charge on any atom is 0.422 e. The Morgan fingerprint density at radius 1 is 1.33 bits per heavy atom. The van der Waals surface area contributed by atoms with Crippen LogP contribution in [0.15, 0.2) is 23.1 Å². The number of alkyl halides is 3. The molecule has 0 radical (unpaired) electrons. The summed E-state index contributed by atoms with van der Waals surface area (Å²) in [6.07, 6.45) is -4.48. The fourth-order valence-electron chi connectivity index (χ4n) is 1.10. The number of hydrogen-bond acceptors (Lipinski definition) is 4. The minimum Gasteiger partial charge on any atom is -0.495 e. The van der Waals surface area contributed by atoms with Crippen LogP contribution in [-0.2, 0) is 9.05 Å². The summed E-state index contributed by atoms with van der Waals surface area (Å²) < 4.78 is 67.1. The molecule has 0 atom stereocenters. The van der Waals surface area contributed by atoms with Gasteiger partial charge in [0.25, 0.3) is 9.05 Å². The summed E-state index contributed by atoms with van der Waals surface area (Å²) in [6.45, 7) is -1.48. The molecule has 9 heteroatoms. The zero-order valence-electron chi connectivity index (χ0n) is 8.99. The number of rotatable bonds is 4. The van der Waals surface area contributed by atoms with E-state index in [0.717, 1.165) is 25.3 Å². The van der Waals surface area contributed by atoms with Crippen molar-refractivity contribution in [1.82, 2.24) is 0 Å². The smallest absolute Gasteiger partial charge is 0.422 e. The predicted molar refractivity (Wildman–Crippen MR) is 57.6 cm³/mol. The van der Waals surface area contributed by atoms with Gasteiger partial charge in [0.15, 0.2) is 6.61 Å². The summed E-state index contributed by atoms with van der Waals surface area (Å²) in [5, 5.41) is 0. The number of hydrogen-bond donors (Lipinski definition) is 0. The van der Waals surface area contributed by atoms with Crippen molar-refractivity contribution in [3.05, 3.63) is 18.2 Å². The monoisotopic (exact) mass is 304 g/mol. The van der Waals surface area contributed by atoms with Crippen LogP contribution in [0.3, 0.4) is 0 Å². The molecule has 4 nitrogen and oxygen atoms in total. The second-order valence-corrected chi connectivity index (χ2v) is 5.69. The van der Waals surface area contributed by atoms with Crippen molar-refractivity contribution in [2.45, 2.75) is 11.1 Å². The summed E-state index contributed by atoms with van der Waals surface area (Å²) in [5.41, 5.74) is 0. The van der Waals surface area contributed by atoms with Crippen LogP contribution in [0.4, 0.5) is 13.2 Å². The van der Waals surface area contributed by atoms with Gasteiger partial charge in [-0.05, 0) is 12.1 Å². The molecule has 0 spiro atoms. The Kier molecular flexibility index (Phi) is 4.33. The summed E-state index contributed by atoms with van der Waals surface area (Å²) in [4.78, 5) is -0.342. The first kappa shape index (κ1) is 14.9. The lowest BCUT2D eigenvalue weighted by molar-refractivity contribution is -0.153. The Morgan fingerprint density at radius 2 is 1.94 bits per heavy atom. The number of benzene rings is 1. The van der Waals surface area contributed by atoms with Crippen molar-refractivity contribution in [1.29, 1.82) is 0 Å². The molecule has 0 saturated heterocycles. The summed E-state index contributed by atoms with van der Waals surface area (Å²) in [5.74, 6) is -0.363. The average Bonchev–Trinajstić information content (AvgIpc) is 2.23. The molecule has 102 valence electrons. The van der Waals surface area contributed by atoms with Crippen LogP contribution in [0.1, 0.15) is 0 Å². The minimum absolute atomic E-state index is 0.173. The van der Waals surface area contributed by atoms with E-state index in [1.807, 2.05) is 0 Å². The maximum absolute atomic E-state index is 11.9. The second kappa shape index (κ2) is 5.23. The zero-order valence-corrected chi connectivity index (χ0v) is 10.6. The topological polar surface area (TPSA) is 52.6 Å². The lowest BCUT2D eigenvalue weighted by Gasteiger charge is -2.11. The molecule has 0 aromatic heterocycles. The standard InChI is InChI=1S/C9H8ClF3O4S/c1-16-7-4-6(17-5-9(11,12)13)2-3-8(7)18(10,14)15/h2-4H,5H2,1H3. The summed E-state index contributed by atoms with van der Waals surface area (Å²) in [7, 11) is 2.24. The van der Waals surface area contributed by atoms with Gasteiger partial charge < -0.3 is 9.47 Å². The van der Waals surface area contributed by atoms with E-state index in [-0.39, 0.29) is 16.4 Å². The predicted octanol–water partition coefficient (Wildman–Crippen LogP) is 2.56. The molecule has 0 N–H and O–H groups in total. The van der Waals surface area contributed by atoms with Crippen LogP contribution < -0.4 is 9.47 Å². The zero-order chi connectivity index (χ0) is 14.0. The maximum atomic E-state index is 11.9. The van der Waals surface area contributed by atoms with Gasteiger partial charge in [-0.2, -0.15) is 13.2 Å². The van der Waals surface area contributed by atoms with E-state index < -0.39 is 21.8 Å². The van der Waals surface area contributed by atoms with E-state index in [1.165, 1.54) is 0 Å². The van der Waals surface area contributed by atoms with Crippen molar-refractivity contribution in [2.24, 2.45) is 0 Å². The third-order valence-electron chi connectivity index (χ3n) is 1.80. The van der Waals surface area contributed by atoms with E-state index in [4.69, 9.17) is 15.4 Å². The van der Waals surface area contributed by atoms with Gasteiger partial charge in [0, 0.05) is 16.7 Å². The highest BCUT2D eigenvalue weighted by molar-refractivity contribution is 8.13. The van der Waals surface area contributed by atoms with E-state index in [1.54, 1.807) is 0 Å². The van der Waals surface area contributed by atoms with Crippen LogP contribution >= 0.6 is 10.7 Å². The van der Waals surface area contributed by atoms with E-state index in [0.29, 0.717) is 0 Å². The van der Waals surface area contributed by atoms with Crippen molar-refractivity contribution in [3.8, 4) is 11.5 Å². The molecule has 0 fully saturated rings. The van der Waals surface area contributed by atoms with Gasteiger partial charge in [-0.15, -0.1) is 0 Å². The van der Waals surface area contributed by atoms with Crippen molar-refractivity contribution in [2.75, 3.05) is 13.7 Å². The van der Waals surface area contributed by atoms with Crippen molar-refractivity contribution >= 4 is 19.7 Å². The Balaban J connectivity index is 3.00. The number of methoxy groups -OCH3 is 1. The lowest BCUT2D eigenvalue weighted by atomic mass is 10.3. The molecular weight excluding hydrogens is 297 g/mol. The van der Waals surface area contributed by atoms with E-state index in [9.17, 15) is 21.6 Å². The molecule has 18 heavy (non-hydrogen) atoms. The average molecular weight is 305 g/mol. The van der Waals surface area contributed by atoms with Gasteiger partial charge in [-0.1, -0.05) is 0 Å². The van der Waals surface area contributed by atoms with E-state index >= 15 is 0 Å². The summed E-state index contributed by atoms with van der Waals surface area (Å²) in [6, 6.07) is 3.08. The number of ether oxygens (including phenoxy) is 2. The van der Waals surface area contributed by atoms with Crippen molar-refractivity contribution < 1.29 is 31.1 Å². The molecule has 0 heterocycles. The fraction of sp³-hybridized carbons (Fsp3) is 0.333. The van der Waals surface area contributed by atoms with Gasteiger partial charge in [0.1, 0.15) is 16.4 Å². The Labute approximate surface area is 106 Å². The van der Waals surface area contributed by atoms with Crippen LogP contribution in [0, 0.1) is 0 Å². The molecule has 0 amide bonds. The van der Waals surface area contributed by atoms with Crippen LogP contribution in [0.5, 0.6) is 11.5 Å². The molecular formula is C9H8ClF3O4S. The molecule has 0 aliphatic carbocycles. The molecule has 0 unspecified atom stereocenters. The van der Waals surface area contributed by atoms with Crippen molar-refractivity contribution in [3.63, 3.8) is 0 Å². The van der Waals surface area contributed by atoms with Crippen LogP contribution in [-0.4, -0.2) is 28.3 Å². The molecule has 1 aromatic carbocycles. The van der Waals surface area contributed by atoms with Gasteiger partial charge in [-0.3, -0.25) is 0 Å². The molecule has 0 saturated carbocycles. The highest BCUT2D eigenvalue weighted by Crippen LogP contribution is 2.31. The Morgan fingerprint density at radius 3 is 2.39 bits per heavy atom. The van der Waals surface area contributed by atoms with Gasteiger partial charge in [0.05, 0.1) is 7.11 Å². The third kappa shape index (κ3) is 4.26. The first-order valence-electron chi connectivity index (χ1n) is 4.46. The van der Waals surface area contributed by atoms with Crippen LogP contribution in [0.2, 0.25) is 0 Å². The molecule has 0 bridgehead atoms. The van der Waals surface area contributed by atoms with Gasteiger partial charge >= 0.3 is 6.18 Å². The summed E-state index contributed by atoms with van der Waals surface area (Å²) >= 11 is 0. The normalized spacial score (nSPS) is 12.3. The molecule has 1 aromatic rings. The van der Waals surface area contributed by atoms with Crippen LogP contribution in [0.25, 0.3) is 0 Å². The second-order valence-electron chi connectivity index (χ2n) is 3.15. The third-order valence-corrected chi connectivity index (χ3v) is 3.16. The molecule has 1 rings (SSSR count). The fourth-order valence-corrected chi connectivity index (χ4v) is 2.10. The quantitative estimate of drug-likeness (QED) is 0.802. The van der Waals surface area contributed by atoms with Gasteiger partial charge in [-0.25, -0.2) is 8.42 Å². The molecule has 0 aliphatic heterocycles. The molecule has 0 aliphatic rings. The number of halogens is 4.